The lowest BCUT2D eigenvalue weighted by atomic mass is 9.70. The van der Waals surface area contributed by atoms with Crippen LogP contribution >= 0.6 is 0 Å². The molecule has 0 N–H and O–H groups in total. The summed E-state index contributed by atoms with van der Waals surface area (Å²) in [5.74, 6) is 0.0976. The Morgan fingerprint density at radius 3 is 2.83 bits per heavy atom. The molecule has 2 rings (SSSR count). The van der Waals surface area contributed by atoms with E-state index in [4.69, 9.17) is 5.26 Å². The van der Waals surface area contributed by atoms with Gasteiger partial charge >= 0.3 is 0 Å². The highest BCUT2D eigenvalue weighted by atomic mass is 16.1. The molecule has 2 nitrogen and oxygen atoms in total. The number of aldehydes is 1. The molecular formula is C16H17NO. The highest BCUT2D eigenvalue weighted by Crippen LogP contribution is 2.40. The molecule has 1 aromatic carbocycles. The summed E-state index contributed by atoms with van der Waals surface area (Å²) in [7, 11) is 0. The van der Waals surface area contributed by atoms with E-state index in [0.717, 1.165) is 24.7 Å². The van der Waals surface area contributed by atoms with Crippen LogP contribution in [0, 0.1) is 22.7 Å². The van der Waals surface area contributed by atoms with E-state index in [0.29, 0.717) is 5.56 Å². The second-order valence-corrected chi connectivity index (χ2v) is 5.46. The van der Waals surface area contributed by atoms with E-state index >= 15 is 0 Å². The van der Waals surface area contributed by atoms with Crippen LogP contribution in [0.15, 0.2) is 30.3 Å². The van der Waals surface area contributed by atoms with E-state index in [9.17, 15) is 4.79 Å². The molecule has 0 saturated carbocycles. The van der Waals surface area contributed by atoms with Gasteiger partial charge in [-0.05, 0) is 41.5 Å². The third-order valence-corrected chi connectivity index (χ3v) is 3.75. The number of hydrogen-bond acceptors (Lipinski definition) is 2. The lowest BCUT2D eigenvalue weighted by Gasteiger charge is -2.33. The van der Waals surface area contributed by atoms with Crippen molar-refractivity contribution in [3.8, 4) is 6.07 Å². The van der Waals surface area contributed by atoms with Crippen LogP contribution in [0.5, 0.6) is 0 Å². The average Bonchev–Trinajstić information content (AvgIpc) is 2.37. The lowest BCUT2D eigenvalue weighted by Crippen LogP contribution is -2.26. The fourth-order valence-electron chi connectivity index (χ4n) is 2.57. The van der Waals surface area contributed by atoms with Crippen molar-refractivity contribution in [2.75, 3.05) is 0 Å². The number of nitriles is 1. The second kappa shape index (κ2) is 4.78. The van der Waals surface area contributed by atoms with Crippen molar-refractivity contribution in [2.45, 2.75) is 26.7 Å². The van der Waals surface area contributed by atoms with Gasteiger partial charge in [0.2, 0.25) is 0 Å². The first-order chi connectivity index (χ1) is 8.56. The molecule has 92 valence electrons. The van der Waals surface area contributed by atoms with Gasteiger partial charge in [-0.1, -0.05) is 32.1 Å². The van der Waals surface area contributed by atoms with Gasteiger partial charge in [-0.25, -0.2) is 0 Å². The number of hydrogen-bond donors (Lipinski definition) is 0. The first-order valence-corrected chi connectivity index (χ1v) is 6.24. The maximum Gasteiger partial charge on any atom is 0.123 e. The second-order valence-electron chi connectivity index (χ2n) is 5.46. The molecule has 1 atom stereocenters. The molecule has 0 heterocycles. The molecule has 1 aliphatic rings. The lowest BCUT2D eigenvalue weighted by molar-refractivity contribution is -0.113. The Hall–Kier alpha value is -1.88. The fraction of sp³-hybridized carbons (Fsp3) is 0.375. The minimum atomic E-state index is -0.0992. The van der Waals surface area contributed by atoms with Crippen LogP contribution in [-0.2, 0) is 4.79 Å². The van der Waals surface area contributed by atoms with Crippen LogP contribution in [0.2, 0.25) is 0 Å². The maximum absolute atomic E-state index is 11.0. The van der Waals surface area contributed by atoms with Crippen molar-refractivity contribution < 1.29 is 4.79 Å². The summed E-state index contributed by atoms with van der Waals surface area (Å²) in [6.07, 6.45) is 5.05. The molecule has 0 saturated heterocycles. The number of benzene rings is 1. The summed E-state index contributed by atoms with van der Waals surface area (Å²) in [6, 6.07) is 9.84. The normalized spacial score (nSPS) is 21.8. The van der Waals surface area contributed by atoms with Gasteiger partial charge < -0.3 is 4.79 Å². The van der Waals surface area contributed by atoms with E-state index in [1.807, 2.05) is 24.3 Å². The zero-order valence-electron chi connectivity index (χ0n) is 10.8. The quantitative estimate of drug-likeness (QED) is 0.740. The van der Waals surface area contributed by atoms with Gasteiger partial charge in [0.05, 0.1) is 11.6 Å². The largest absolute Gasteiger partial charge is 0.303 e. The molecule has 0 amide bonds. The molecule has 0 aliphatic heterocycles. The van der Waals surface area contributed by atoms with Crippen molar-refractivity contribution in [3.63, 3.8) is 0 Å². The standard InChI is InChI=1S/C16H17NO/c1-16(2)9-14(6-7-15(16)11-18)13-5-3-4-12(8-13)10-17/h3-5,8-9,11,15H,6-7H2,1-2H3. The zero-order valence-corrected chi connectivity index (χ0v) is 10.8. The number of nitrogens with zero attached hydrogens (tertiary/aromatic N) is 1. The predicted molar refractivity (Wildman–Crippen MR) is 71.7 cm³/mol. The molecule has 1 aromatic rings. The Morgan fingerprint density at radius 1 is 1.44 bits per heavy atom. The van der Waals surface area contributed by atoms with E-state index in [1.54, 1.807) is 0 Å². The summed E-state index contributed by atoms with van der Waals surface area (Å²) >= 11 is 0. The fourth-order valence-corrected chi connectivity index (χ4v) is 2.57. The number of carbonyl (C=O) groups excluding carboxylic acids is 1. The van der Waals surface area contributed by atoms with E-state index < -0.39 is 0 Å². The van der Waals surface area contributed by atoms with Crippen molar-refractivity contribution in [1.82, 2.24) is 0 Å². The summed E-state index contributed by atoms with van der Waals surface area (Å²) in [5, 5.41) is 8.93. The topological polar surface area (TPSA) is 40.9 Å². The van der Waals surface area contributed by atoms with Crippen LogP contribution in [-0.4, -0.2) is 6.29 Å². The molecule has 18 heavy (non-hydrogen) atoms. The highest BCUT2D eigenvalue weighted by molar-refractivity contribution is 5.70. The van der Waals surface area contributed by atoms with Crippen LogP contribution in [0.4, 0.5) is 0 Å². The summed E-state index contributed by atoms with van der Waals surface area (Å²) < 4.78 is 0. The Bertz CT molecular complexity index is 534. The summed E-state index contributed by atoms with van der Waals surface area (Å²) in [5.41, 5.74) is 2.93. The Balaban J connectivity index is 2.38. The first-order valence-electron chi connectivity index (χ1n) is 6.24. The van der Waals surface area contributed by atoms with Gasteiger partial charge in [-0.3, -0.25) is 0 Å². The van der Waals surface area contributed by atoms with E-state index in [1.165, 1.54) is 5.57 Å². The van der Waals surface area contributed by atoms with Gasteiger partial charge in [0.25, 0.3) is 0 Å². The molecule has 0 aromatic heterocycles. The number of allylic oxidation sites excluding steroid dienone is 2. The molecule has 0 bridgehead atoms. The Morgan fingerprint density at radius 2 is 2.22 bits per heavy atom. The van der Waals surface area contributed by atoms with Crippen molar-refractivity contribution in [2.24, 2.45) is 11.3 Å². The summed E-state index contributed by atoms with van der Waals surface area (Å²) in [4.78, 5) is 11.0. The van der Waals surface area contributed by atoms with E-state index in [2.05, 4.69) is 26.0 Å². The SMILES string of the molecule is CC1(C)C=C(c2cccc(C#N)c2)CCC1C=O. The smallest absolute Gasteiger partial charge is 0.123 e. The molecule has 1 unspecified atom stereocenters. The van der Waals surface area contributed by atoms with Crippen molar-refractivity contribution in [3.05, 3.63) is 41.5 Å². The van der Waals surface area contributed by atoms with Gasteiger partial charge in [0.15, 0.2) is 0 Å². The first kappa shape index (κ1) is 12.6. The minimum absolute atomic E-state index is 0.0976. The van der Waals surface area contributed by atoms with Crippen LogP contribution in [0.1, 0.15) is 37.8 Å². The third kappa shape index (κ3) is 2.36. The van der Waals surface area contributed by atoms with Crippen LogP contribution in [0.3, 0.4) is 0 Å². The van der Waals surface area contributed by atoms with Gasteiger partial charge in [-0.15, -0.1) is 0 Å². The van der Waals surface area contributed by atoms with Crippen LogP contribution < -0.4 is 0 Å². The highest BCUT2D eigenvalue weighted by Gasteiger charge is 2.31. The van der Waals surface area contributed by atoms with Gasteiger partial charge in [0.1, 0.15) is 6.29 Å². The van der Waals surface area contributed by atoms with Crippen molar-refractivity contribution in [1.29, 1.82) is 5.26 Å². The van der Waals surface area contributed by atoms with Gasteiger partial charge in [-0.2, -0.15) is 5.26 Å². The Labute approximate surface area is 108 Å². The zero-order chi connectivity index (χ0) is 13.2. The van der Waals surface area contributed by atoms with E-state index in [-0.39, 0.29) is 11.3 Å². The predicted octanol–water partition coefficient (Wildman–Crippen LogP) is 3.58. The van der Waals surface area contributed by atoms with Crippen LogP contribution in [0.25, 0.3) is 5.57 Å². The maximum atomic E-state index is 11.0. The average molecular weight is 239 g/mol. The third-order valence-electron chi connectivity index (χ3n) is 3.75. The molecule has 0 fully saturated rings. The molecule has 2 heteroatoms. The summed E-state index contributed by atoms with van der Waals surface area (Å²) in [6.45, 7) is 4.19. The number of carbonyl (C=O) groups is 1. The molecule has 0 radical (unpaired) electrons. The minimum Gasteiger partial charge on any atom is -0.303 e. The monoisotopic (exact) mass is 239 g/mol. The molecular weight excluding hydrogens is 222 g/mol. The molecule has 1 aliphatic carbocycles. The van der Waals surface area contributed by atoms with Gasteiger partial charge in [0, 0.05) is 5.92 Å². The molecule has 0 spiro atoms. The Kier molecular flexibility index (Phi) is 3.34. The van der Waals surface area contributed by atoms with Crippen molar-refractivity contribution >= 4 is 11.9 Å². The number of rotatable bonds is 2.